The lowest BCUT2D eigenvalue weighted by molar-refractivity contribution is 0.227. The van der Waals surface area contributed by atoms with Gasteiger partial charge in [0.1, 0.15) is 29.4 Å². The van der Waals surface area contributed by atoms with Gasteiger partial charge in [0.2, 0.25) is 0 Å². The highest BCUT2D eigenvalue weighted by Gasteiger charge is 2.39. The third kappa shape index (κ3) is 4.71. The Morgan fingerprint density at radius 1 is 1.24 bits per heavy atom. The number of aromatic nitrogens is 4. The lowest BCUT2D eigenvalue weighted by Crippen LogP contribution is -2.68. The van der Waals surface area contributed by atoms with E-state index in [-0.39, 0.29) is 5.54 Å². The predicted octanol–water partition coefficient (Wildman–Crippen LogP) is 5.84. The molecule has 1 aromatic carbocycles. The number of pyridine rings is 2. The monoisotopic (exact) mass is 535 g/mol. The van der Waals surface area contributed by atoms with E-state index >= 15 is 0 Å². The SMILES string of the molecule is CCNC1(C)CN(c2ncc(-c3n[nH]c4ccc(O[C@H](C)c5c(Cl)cnc(C)c5Cl)cc34)cc2C#N)C1. The molecule has 5 rings (SSSR count). The second kappa shape index (κ2) is 9.82. The number of hydrogen-bond acceptors (Lipinski definition) is 7. The van der Waals surface area contributed by atoms with E-state index in [2.05, 4.69) is 50.3 Å². The molecule has 4 heterocycles. The fourth-order valence-corrected chi connectivity index (χ4v) is 5.56. The number of nitrogens with one attached hydrogen (secondary N) is 2. The first-order chi connectivity index (χ1) is 17.7. The molecular weight excluding hydrogens is 509 g/mol. The molecule has 1 saturated heterocycles. The van der Waals surface area contributed by atoms with E-state index in [1.54, 1.807) is 12.4 Å². The number of likely N-dealkylation sites (N-methyl/N-ethyl adjacent to an activating group) is 1. The second-order valence-corrected chi connectivity index (χ2v) is 10.4. The average Bonchev–Trinajstić information content (AvgIpc) is 3.28. The molecule has 0 radical (unpaired) electrons. The van der Waals surface area contributed by atoms with E-state index < -0.39 is 6.10 Å². The van der Waals surface area contributed by atoms with Crippen LogP contribution in [-0.4, -0.2) is 45.3 Å². The minimum atomic E-state index is -0.398. The van der Waals surface area contributed by atoms with Gasteiger partial charge in [0.05, 0.1) is 32.4 Å². The molecule has 0 aliphatic carbocycles. The molecule has 8 nitrogen and oxygen atoms in total. The number of hydrogen-bond donors (Lipinski definition) is 2. The number of benzene rings is 1. The first-order valence-electron chi connectivity index (χ1n) is 12.1. The standard InChI is InChI=1S/C27H27Cl2N7O/c1-5-33-27(4)13-36(14-27)26-17(10-30)8-18(11-32-26)25-20-9-19(6-7-22(20)34-35-25)37-16(3)23-21(28)12-31-15(2)24(23)29/h6-9,11-12,16,33H,5,13-14H2,1-4H3,(H,34,35)/t16-/m1/s1. The molecule has 10 heteroatoms. The molecule has 1 atom stereocenters. The summed E-state index contributed by atoms with van der Waals surface area (Å²) in [6, 6.07) is 9.84. The molecule has 0 unspecified atom stereocenters. The largest absolute Gasteiger partial charge is 0.486 e. The molecular formula is C27H27Cl2N7O. The van der Waals surface area contributed by atoms with Crippen LogP contribution >= 0.6 is 23.2 Å². The van der Waals surface area contributed by atoms with Gasteiger partial charge in [-0.3, -0.25) is 10.1 Å². The highest BCUT2D eigenvalue weighted by molar-refractivity contribution is 6.36. The van der Waals surface area contributed by atoms with Gasteiger partial charge in [-0.25, -0.2) is 4.98 Å². The van der Waals surface area contributed by atoms with Crippen molar-refractivity contribution in [2.24, 2.45) is 0 Å². The summed E-state index contributed by atoms with van der Waals surface area (Å²) in [6.45, 7) is 10.5. The maximum absolute atomic E-state index is 9.86. The molecule has 1 aliphatic rings. The maximum atomic E-state index is 9.86. The van der Waals surface area contributed by atoms with Crippen LogP contribution in [0.5, 0.6) is 5.75 Å². The van der Waals surface area contributed by atoms with Gasteiger partial charge in [-0.1, -0.05) is 30.1 Å². The molecule has 0 spiro atoms. The van der Waals surface area contributed by atoms with Gasteiger partial charge in [0.15, 0.2) is 0 Å². The zero-order valence-electron chi connectivity index (χ0n) is 21.1. The predicted molar refractivity (Wildman–Crippen MR) is 146 cm³/mol. The third-order valence-electron chi connectivity index (χ3n) is 6.68. The number of H-pyrrole nitrogens is 1. The van der Waals surface area contributed by atoms with Crippen LogP contribution in [0.2, 0.25) is 10.0 Å². The van der Waals surface area contributed by atoms with Crippen molar-refractivity contribution in [3.63, 3.8) is 0 Å². The highest BCUT2D eigenvalue weighted by atomic mass is 35.5. The number of halogens is 2. The van der Waals surface area contributed by atoms with Crippen molar-refractivity contribution in [1.82, 2.24) is 25.5 Å². The summed E-state index contributed by atoms with van der Waals surface area (Å²) in [5.74, 6) is 1.33. The van der Waals surface area contributed by atoms with E-state index in [0.717, 1.165) is 36.1 Å². The van der Waals surface area contributed by atoms with Crippen LogP contribution in [0.15, 0.2) is 36.7 Å². The maximum Gasteiger partial charge on any atom is 0.146 e. The normalized spacial score (nSPS) is 15.3. The molecule has 2 N–H and O–H groups in total. The highest BCUT2D eigenvalue weighted by Crippen LogP contribution is 2.37. The molecule has 1 aliphatic heterocycles. The van der Waals surface area contributed by atoms with Crippen LogP contribution in [0, 0.1) is 18.3 Å². The van der Waals surface area contributed by atoms with Crippen molar-refractivity contribution in [3.05, 3.63) is 63.5 Å². The van der Waals surface area contributed by atoms with E-state index in [0.29, 0.717) is 44.1 Å². The summed E-state index contributed by atoms with van der Waals surface area (Å²) >= 11 is 12.8. The Labute approximate surface area is 225 Å². The zero-order valence-corrected chi connectivity index (χ0v) is 22.6. The summed E-state index contributed by atoms with van der Waals surface area (Å²) in [6.07, 6.45) is 2.95. The Morgan fingerprint density at radius 2 is 2.03 bits per heavy atom. The van der Waals surface area contributed by atoms with Crippen molar-refractivity contribution >= 4 is 39.9 Å². The number of nitrogens with zero attached hydrogens (tertiary/aromatic N) is 5. The number of ether oxygens (including phenoxy) is 1. The first kappa shape index (κ1) is 25.3. The van der Waals surface area contributed by atoms with Crippen LogP contribution in [0.3, 0.4) is 0 Å². The van der Waals surface area contributed by atoms with Crippen LogP contribution in [0.4, 0.5) is 5.82 Å². The molecule has 0 amide bonds. The molecule has 3 aromatic heterocycles. The number of fused-ring (bicyclic) bond motifs is 1. The molecule has 37 heavy (non-hydrogen) atoms. The second-order valence-electron chi connectivity index (χ2n) is 9.61. The summed E-state index contributed by atoms with van der Waals surface area (Å²) < 4.78 is 6.22. The Bertz CT molecular complexity index is 1520. The van der Waals surface area contributed by atoms with Gasteiger partial charge < -0.3 is 15.0 Å². The fraction of sp³-hybridized carbons (Fsp3) is 0.333. The lowest BCUT2D eigenvalue weighted by Gasteiger charge is -2.49. The van der Waals surface area contributed by atoms with Gasteiger partial charge >= 0.3 is 0 Å². The van der Waals surface area contributed by atoms with Gasteiger partial charge in [0, 0.05) is 42.0 Å². The quantitative estimate of drug-likeness (QED) is 0.306. The summed E-state index contributed by atoms with van der Waals surface area (Å²) in [5, 5.41) is 22.7. The van der Waals surface area contributed by atoms with Crippen LogP contribution in [0.1, 0.15) is 43.7 Å². The molecule has 1 fully saturated rings. The summed E-state index contributed by atoms with van der Waals surface area (Å²) in [7, 11) is 0. The minimum Gasteiger partial charge on any atom is -0.486 e. The third-order valence-corrected chi connectivity index (χ3v) is 7.46. The van der Waals surface area contributed by atoms with Crippen LogP contribution in [-0.2, 0) is 0 Å². The number of aryl methyl sites for hydroxylation is 1. The number of rotatable bonds is 7. The smallest absolute Gasteiger partial charge is 0.146 e. The minimum absolute atomic E-state index is 0.0389. The van der Waals surface area contributed by atoms with E-state index in [1.807, 2.05) is 38.1 Å². The lowest BCUT2D eigenvalue weighted by atomic mass is 9.91. The van der Waals surface area contributed by atoms with Gasteiger partial charge in [-0.15, -0.1) is 0 Å². The number of anilines is 1. The average molecular weight is 536 g/mol. The fourth-order valence-electron chi connectivity index (χ4n) is 4.91. The molecule has 4 aromatic rings. The molecule has 0 bridgehead atoms. The van der Waals surface area contributed by atoms with Crippen molar-refractivity contribution < 1.29 is 4.74 Å². The summed E-state index contributed by atoms with van der Waals surface area (Å²) in [5.41, 5.74) is 4.24. The van der Waals surface area contributed by atoms with E-state index in [1.165, 1.54) is 0 Å². The van der Waals surface area contributed by atoms with Crippen molar-refractivity contribution in [3.8, 4) is 23.1 Å². The Kier molecular flexibility index (Phi) is 6.71. The first-order valence-corrected chi connectivity index (χ1v) is 12.8. The van der Waals surface area contributed by atoms with Gasteiger partial charge in [-0.05, 0) is 51.6 Å². The van der Waals surface area contributed by atoms with Gasteiger partial charge in [-0.2, -0.15) is 10.4 Å². The van der Waals surface area contributed by atoms with E-state index in [9.17, 15) is 5.26 Å². The van der Waals surface area contributed by atoms with Crippen molar-refractivity contribution in [2.45, 2.75) is 39.3 Å². The van der Waals surface area contributed by atoms with Gasteiger partial charge in [0.25, 0.3) is 0 Å². The molecule has 190 valence electrons. The van der Waals surface area contributed by atoms with Crippen LogP contribution in [0.25, 0.3) is 22.2 Å². The van der Waals surface area contributed by atoms with E-state index in [4.69, 9.17) is 27.9 Å². The number of nitriles is 1. The Balaban J connectivity index is 1.43. The van der Waals surface area contributed by atoms with Crippen molar-refractivity contribution in [2.75, 3.05) is 24.5 Å². The van der Waals surface area contributed by atoms with Crippen LogP contribution < -0.4 is 15.0 Å². The Hall–Kier alpha value is -3.38. The van der Waals surface area contributed by atoms with Crippen molar-refractivity contribution in [1.29, 1.82) is 5.26 Å². The zero-order chi connectivity index (χ0) is 26.3. The Morgan fingerprint density at radius 3 is 2.76 bits per heavy atom. The molecule has 0 saturated carbocycles. The number of aromatic amines is 1. The summed E-state index contributed by atoms with van der Waals surface area (Å²) in [4.78, 5) is 11.0. The topological polar surface area (TPSA) is 103 Å².